The molecule has 2 heterocycles. The zero-order valence-electron chi connectivity index (χ0n) is 12.8. The molecule has 0 saturated carbocycles. The van der Waals surface area contributed by atoms with Crippen molar-refractivity contribution >= 4 is 0 Å². The van der Waals surface area contributed by atoms with Gasteiger partial charge in [0.15, 0.2) is 12.1 Å². The van der Waals surface area contributed by atoms with Gasteiger partial charge in [-0.15, -0.1) is 0 Å². The summed E-state index contributed by atoms with van der Waals surface area (Å²) in [6.07, 6.45) is -1.76. The van der Waals surface area contributed by atoms with E-state index in [0.29, 0.717) is 6.61 Å². The molecule has 0 unspecified atom stereocenters. The van der Waals surface area contributed by atoms with Gasteiger partial charge in [-0.1, -0.05) is 30.3 Å². The van der Waals surface area contributed by atoms with Crippen LogP contribution in [-0.4, -0.2) is 53.3 Å². The highest BCUT2D eigenvalue weighted by atomic mass is 16.8. The molecule has 0 aromatic heterocycles. The van der Waals surface area contributed by atoms with E-state index < -0.39 is 29.9 Å². The van der Waals surface area contributed by atoms with E-state index in [-0.39, 0.29) is 13.2 Å². The minimum atomic E-state index is -1.22. The Hall–Kier alpha value is -1.02. The molecule has 3 rings (SSSR count). The lowest BCUT2D eigenvalue weighted by atomic mass is 9.97. The molecule has 0 amide bonds. The second-order valence-corrected chi connectivity index (χ2v) is 6.18. The van der Waals surface area contributed by atoms with Crippen molar-refractivity contribution in [2.45, 2.75) is 50.3 Å². The highest BCUT2D eigenvalue weighted by Crippen LogP contribution is 2.43. The molecule has 2 aliphatic heterocycles. The first-order valence-corrected chi connectivity index (χ1v) is 7.40. The Kier molecular flexibility index (Phi) is 4.24. The third kappa shape index (κ3) is 2.78. The molecule has 2 aliphatic rings. The topological polar surface area (TPSA) is 77.4 Å². The van der Waals surface area contributed by atoms with Gasteiger partial charge in [0.1, 0.15) is 17.8 Å². The van der Waals surface area contributed by atoms with Crippen molar-refractivity contribution in [1.82, 2.24) is 0 Å². The van der Waals surface area contributed by atoms with Crippen LogP contribution >= 0.6 is 0 Å². The fourth-order valence-electron chi connectivity index (χ4n) is 2.96. The van der Waals surface area contributed by atoms with Crippen LogP contribution in [0.2, 0.25) is 0 Å². The van der Waals surface area contributed by atoms with Crippen LogP contribution in [0.25, 0.3) is 0 Å². The van der Waals surface area contributed by atoms with Crippen LogP contribution < -0.4 is 0 Å². The minimum absolute atomic E-state index is 0.337. The first-order valence-electron chi connectivity index (χ1n) is 7.40. The Morgan fingerprint density at radius 1 is 1.05 bits per heavy atom. The van der Waals surface area contributed by atoms with Crippen LogP contribution in [0.4, 0.5) is 0 Å². The molecule has 22 heavy (non-hydrogen) atoms. The third-order valence-corrected chi connectivity index (χ3v) is 4.06. The molecule has 2 fully saturated rings. The second kappa shape index (κ2) is 5.88. The summed E-state index contributed by atoms with van der Waals surface area (Å²) in [5, 5.41) is 19.4. The third-order valence-electron chi connectivity index (χ3n) is 4.06. The maximum absolute atomic E-state index is 9.69. The van der Waals surface area contributed by atoms with Gasteiger partial charge in [-0.2, -0.15) is 0 Å². The molecule has 3 atom stereocenters. The predicted octanol–water partition coefficient (Wildman–Crippen LogP) is 0.803. The van der Waals surface area contributed by atoms with Crippen molar-refractivity contribution in [1.29, 1.82) is 0 Å². The van der Waals surface area contributed by atoms with E-state index in [2.05, 4.69) is 0 Å². The number of ether oxygens (including phenoxy) is 4. The van der Waals surface area contributed by atoms with Gasteiger partial charge in [0.2, 0.25) is 0 Å². The molecule has 6 nitrogen and oxygen atoms in total. The molecule has 2 N–H and O–H groups in total. The lowest BCUT2D eigenvalue weighted by Gasteiger charge is -2.33. The van der Waals surface area contributed by atoms with E-state index in [9.17, 15) is 10.2 Å². The van der Waals surface area contributed by atoms with E-state index in [4.69, 9.17) is 18.9 Å². The van der Waals surface area contributed by atoms with Gasteiger partial charge in [0, 0.05) is 0 Å². The molecule has 6 heteroatoms. The Bertz CT molecular complexity index is 499. The average molecular weight is 310 g/mol. The van der Waals surface area contributed by atoms with Crippen LogP contribution in [0, 0.1) is 0 Å². The SMILES string of the molecule is CC1(C)O[C@H]2OC(CO)(CO)[C@H](OCc3ccccc3)[C@@H]2O1. The zero-order valence-corrected chi connectivity index (χ0v) is 12.8. The van der Waals surface area contributed by atoms with Crippen LogP contribution in [0.3, 0.4) is 0 Å². The summed E-state index contributed by atoms with van der Waals surface area (Å²) in [4.78, 5) is 0. The number of rotatable bonds is 5. The first kappa shape index (κ1) is 15.9. The Morgan fingerprint density at radius 3 is 2.36 bits per heavy atom. The molecular weight excluding hydrogens is 288 g/mol. The summed E-state index contributed by atoms with van der Waals surface area (Å²) in [6, 6.07) is 9.68. The van der Waals surface area contributed by atoms with Gasteiger partial charge in [-0.05, 0) is 19.4 Å². The summed E-state index contributed by atoms with van der Waals surface area (Å²) < 4.78 is 23.2. The lowest BCUT2D eigenvalue weighted by molar-refractivity contribution is -0.258. The van der Waals surface area contributed by atoms with Crippen molar-refractivity contribution in [3.63, 3.8) is 0 Å². The molecule has 0 radical (unpaired) electrons. The standard InChI is InChI=1S/C16H22O6/c1-15(2)20-12-13(19-8-11-6-4-3-5-7-11)16(9-17,10-18)22-14(12)21-15/h3-7,12-14,17-18H,8-10H2,1-2H3/t12-,13+,14-/m0/s1. The normalized spacial score (nSPS) is 32.1. The van der Waals surface area contributed by atoms with E-state index in [0.717, 1.165) is 5.56 Å². The van der Waals surface area contributed by atoms with Crippen LogP contribution in [0.1, 0.15) is 19.4 Å². The molecule has 0 spiro atoms. The largest absolute Gasteiger partial charge is 0.393 e. The van der Waals surface area contributed by atoms with Crippen LogP contribution in [0.15, 0.2) is 30.3 Å². The van der Waals surface area contributed by atoms with Crippen molar-refractivity contribution < 1.29 is 29.2 Å². The Labute approximate surface area is 129 Å². The molecule has 1 aromatic rings. The highest BCUT2D eigenvalue weighted by molar-refractivity contribution is 5.14. The predicted molar refractivity (Wildman–Crippen MR) is 76.8 cm³/mol. The number of aliphatic hydroxyl groups is 2. The molecular formula is C16H22O6. The van der Waals surface area contributed by atoms with Crippen molar-refractivity contribution in [2.75, 3.05) is 13.2 Å². The second-order valence-electron chi connectivity index (χ2n) is 6.18. The fraction of sp³-hybridized carbons (Fsp3) is 0.625. The number of hydrogen-bond donors (Lipinski definition) is 2. The minimum Gasteiger partial charge on any atom is -0.393 e. The number of fused-ring (bicyclic) bond motifs is 1. The molecule has 0 bridgehead atoms. The summed E-state index contributed by atoms with van der Waals surface area (Å²) >= 11 is 0. The summed E-state index contributed by atoms with van der Waals surface area (Å²) in [7, 11) is 0. The van der Waals surface area contributed by atoms with Crippen LogP contribution in [-0.2, 0) is 25.6 Å². The van der Waals surface area contributed by atoms with E-state index in [1.165, 1.54) is 0 Å². The number of benzene rings is 1. The lowest BCUT2D eigenvalue weighted by Crippen LogP contribution is -2.52. The highest BCUT2D eigenvalue weighted by Gasteiger charge is 2.62. The van der Waals surface area contributed by atoms with Gasteiger partial charge in [-0.3, -0.25) is 0 Å². The van der Waals surface area contributed by atoms with Gasteiger partial charge < -0.3 is 29.2 Å². The van der Waals surface area contributed by atoms with E-state index in [1.54, 1.807) is 13.8 Å². The summed E-state index contributed by atoms with van der Waals surface area (Å²) in [5.74, 6) is -0.777. The molecule has 1 aromatic carbocycles. The maximum Gasteiger partial charge on any atom is 0.190 e. The summed E-state index contributed by atoms with van der Waals surface area (Å²) in [5.41, 5.74) is -0.227. The summed E-state index contributed by atoms with van der Waals surface area (Å²) in [6.45, 7) is 3.18. The van der Waals surface area contributed by atoms with Gasteiger partial charge in [-0.25, -0.2) is 0 Å². The monoisotopic (exact) mass is 310 g/mol. The molecule has 0 aliphatic carbocycles. The first-order chi connectivity index (χ1) is 10.5. The fourth-order valence-corrected chi connectivity index (χ4v) is 2.96. The van der Waals surface area contributed by atoms with Crippen molar-refractivity contribution in [3.05, 3.63) is 35.9 Å². The number of aliphatic hydroxyl groups excluding tert-OH is 2. The number of hydrogen-bond acceptors (Lipinski definition) is 6. The molecule has 122 valence electrons. The van der Waals surface area contributed by atoms with Gasteiger partial charge >= 0.3 is 0 Å². The average Bonchev–Trinajstić information content (AvgIpc) is 2.95. The van der Waals surface area contributed by atoms with Gasteiger partial charge in [0.25, 0.3) is 0 Å². The van der Waals surface area contributed by atoms with Crippen molar-refractivity contribution in [2.24, 2.45) is 0 Å². The Balaban J connectivity index is 1.77. The maximum atomic E-state index is 9.69. The zero-order chi connectivity index (χ0) is 15.8. The quantitative estimate of drug-likeness (QED) is 0.838. The van der Waals surface area contributed by atoms with E-state index in [1.807, 2.05) is 30.3 Å². The van der Waals surface area contributed by atoms with E-state index >= 15 is 0 Å². The Morgan fingerprint density at radius 2 is 1.73 bits per heavy atom. The smallest absolute Gasteiger partial charge is 0.190 e. The van der Waals surface area contributed by atoms with Gasteiger partial charge in [0.05, 0.1) is 19.8 Å². The van der Waals surface area contributed by atoms with Crippen LogP contribution in [0.5, 0.6) is 0 Å². The molecule has 2 saturated heterocycles. The van der Waals surface area contributed by atoms with Crippen molar-refractivity contribution in [3.8, 4) is 0 Å².